The van der Waals surface area contributed by atoms with Crippen LogP contribution < -0.4 is 14.2 Å². The number of pyridine rings is 1. The predicted octanol–water partition coefficient (Wildman–Crippen LogP) is 4.67. The molecule has 0 unspecified atom stereocenters. The number of rotatable bonds is 7. The molecule has 0 spiro atoms. The maximum Gasteiger partial charge on any atom is 0.231 e. The smallest absolute Gasteiger partial charge is 0.231 e. The number of benzene rings is 2. The van der Waals surface area contributed by atoms with Gasteiger partial charge in [-0.1, -0.05) is 18.2 Å². The zero-order chi connectivity index (χ0) is 21.8. The fraction of sp³-hybridized carbons (Fsp3) is 0.125. The van der Waals surface area contributed by atoms with Crippen molar-refractivity contribution in [1.82, 2.24) is 9.97 Å². The summed E-state index contributed by atoms with van der Waals surface area (Å²) in [5.74, 6) is 1.03. The monoisotopic (exact) mass is 416 g/mol. The molecule has 2 aromatic carbocycles. The topological polar surface area (TPSA) is 83.7 Å². The van der Waals surface area contributed by atoms with E-state index in [0.29, 0.717) is 39.6 Å². The first-order chi connectivity index (χ1) is 15.1. The number of allylic oxidation sites excluding steroid dienone is 1. The van der Waals surface area contributed by atoms with Crippen molar-refractivity contribution in [2.24, 2.45) is 0 Å². The second kappa shape index (κ2) is 8.71. The number of ketones is 1. The molecule has 4 aromatic rings. The quantitative estimate of drug-likeness (QED) is 0.320. The third-order valence-corrected chi connectivity index (χ3v) is 4.68. The van der Waals surface area contributed by atoms with E-state index in [1.54, 1.807) is 42.6 Å². The van der Waals surface area contributed by atoms with E-state index in [-0.39, 0.29) is 17.2 Å². The molecule has 2 aromatic heterocycles. The van der Waals surface area contributed by atoms with Gasteiger partial charge in [0.15, 0.2) is 22.9 Å². The second-order valence-corrected chi connectivity index (χ2v) is 6.54. The highest BCUT2D eigenvalue weighted by Crippen LogP contribution is 2.39. The van der Waals surface area contributed by atoms with Crippen molar-refractivity contribution < 1.29 is 23.4 Å². The Hall–Kier alpha value is -4.13. The van der Waals surface area contributed by atoms with Gasteiger partial charge >= 0.3 is 0 Å². The average Bonchev–Trinajstić information content (AvgIpc) is 3.25. The molecule has 7 heteroatoms. The molecule has 0 radical (unpaired) electrons. The Bertz CT molecular complexity index is 1200. The van der Waals surface area contributed by atoms with Crippen LogP contribution in [0.15, 0.2) is 65.2 Å². The molecule has 2 heterocycles. The molecule has 31 heavy (non-hydrogen) atoms. The van der Waals surface area contributed by atoms with Gasteiger partial charge in [0, 0.05) is 11.8 Å². The van der Waals surface area contributed by atoms with E-state index in [1.165, 1.54) is 21.3 Å². The summed E-state index contributed by atoms with van der Waals surface area (Å²) in [6.07, 6.45) is 3.30. The number of nitrogens with zero attached hydrogens (tertiary/aromatic N) is 2. The minimum atomic E-state index is -0.323. The SMILES string of the molecule is COc1cc(C(=O)/C(=C/c2ccccn2)c2nc3ccccc3o2)cc(OC)c1OC. The summed E-state index contributed by atoms with van der Waals surface area (Å²) in [4.78, 5) is 22.4. The highest BCUT2D eigenvalue weighted by atomic mass is 16.5. The normalized spacial score (nSPS) is 11.4. The zero-order valence-electron chi connectivity index (χ0n) is 17.3. The molecule has 156 valence electrons. The first kappa shape index (κ1) is 20.2. The lowest BCUT2D eigenvalue weighted by Gasteiger charge is -2.14. The third kappa shape index (κ3) is 3.98. The van der Waals surface area contributed by atoms with Gasteiger partial charge in [-0.2, -0.15) is 0 Å². The Kier molecular flexibility index (Phi) is 5.66. The average molecular weight is 416 g/mol. The Morgan fingerprint density at radius 1 is 0.935 bits per heavy atom. The van der Waals surface area contributed by atoms with Crippen LogP contribution in [0.5, 0.6) is 17.2 Å². The van der Waals surface area contributed by atoms with Crippen LogP contribution >= 0.6 is 0 Å². The van der Waals surface area contributed by atoms with Crippen LogP contribution in [0, 0.1) is 0 Å². The van der Waals surface area contributed by atoms with Crippen LogP contribution in [0.25, 0.3) is 22.7 Å². The molecule has 0 aliphatic heterocycles. The number of hydrogen-bond acceptors (Lipinski definition) is 7. The van der Waals surface area contributed by atoms with Gasteiger partial charge in [-0.05, 0) is 42.5 Å². The molecule has 0 aliphatic rings. The lowest BCUT2D eigenvalue weighted by atomic mass is 10.0. The summed E-state index contributed by atoms with van der Waals surface area (Å²) in [6.45, 7) is 0. The van der Waals surface area contributed by atoms with E-state index in [9.17, 15) is 4.79 Å². The van der Waals surface area contributed by atoms with Crippen LogP contribution in [-0.4, -0.2) is 37.1 Å². The van der Waals surface area contributed by atoms with Crippen molar-refractivity contribution in [2.75, 3.05) is 21.3 Å². The molecule has 0 amide bonds. The summed E-state index contributed by atoms with van der Waals surface area (Å²) in [7, 11) is 4.50. The molecule has 0 fully saturated rings. The number of carbonyl (C=O) groups is 1. The Morgan fingerprint density at radius 2 is 1.65 bits per heavy atom. The van der Waals surface area contributed by atoms with Gasteiger partial charge in [0.05, 0.1) is 32.6 Å². The molecular formula is C24H20N2O5. The van der Waals surface area contributed by atoms with Crippen molar-refractivity contribution in [1.29, 1.82) is 0 Å². The number of aromatic nitrogens is 2. The van der Waals surface area contributed by atoms with Gasteiger partial charge in [-0.3, -0.25) is 9.78 Å². The number of para-hydroxylation sites is 2. The number of carbonyl (C=O) groups excluding carboxylic acids is 1. The first-order valence-corrected chi connectivity index (χ1v) is 9.48. The van der Waals surface area contributed by atoms with Crippen LogP contribution in [0.3, 0.4) is 0 Å². The molecule has 0 atom stereocenters. The molecule has 0 N–H and O–H groups in total. The summed E-state index contributed by atoms with van der Waals surface area (Å²) >= 11 is 0. The summed E-state index contributed by atoms with van der Waals surface area (Å²) in [5.41, 5.74) is 2.42. The lowest BCUT2D eigenvalue weighted by Crippen LogP contribution is -2.06. The number of oxazole rings is 1. The number of methoxy groups -OCH3 is 3. The lowest BCUT2D eigenvalue weighted by molar-refractivity contribution is 0.105. The van der Waals surface area contributed by atoms with E-state index >= 15 is 0 Å². The molecular weight excluding hydrogens is 396 g/mol. The maximum absolute atomic E-state index is 13.6. The minimum Gasteiger partial charge on any atom is -0.493 e. The minimum absolute atomic E-state index is 0.200. The van der Waals surface area contributed by atoms with Crippen molar-refractivity contribution in [3.8, 4) is 17.2 Å². The largest absolute Gasteiger partial charge is 0.493 e. The third-order valence-electron chi connectivity index (χ3n) is 4.68. The summed E-state index contributed by atoms with van der Waals surface area (Å²) < 4.78 is 22.0. The summed E-state index contributed by atoms with van der Waals surface area (Å²) in [5, 5.41) is 0. The van der Waals surface area contributed by atoms with Crippen molar-refractivity contribution in [3.63, 3.8) is 0 Å². The maximum atomic E-state index is 13.6. The molecule has 7 nitrogen and oxygen atoms in total. The molecule has 0 saturated heterocycles. The van der Waals surface area contributed by atoms with Crippen molar-refractivity contribution in [3.05, 3.63) is 77.9 Å². The first-order valence-electron chi connectivity index (χ1n) is 9.48. The Labute approximate surface area is 178 Å². The fourth-order valence-electron chi connectivity index (χ4n) is 3.19. The van der Waals surface area contributed by atoms with E-state index in [4.69, 9.17) is 18.6 Å². The Morgan fingerprint density at radius 3 is 2.26 bits per heavy atom. The predicted molar refractivity (Wildman–Crippen MR) is 117 cm³/mol. The highest BCUT2D eigenvalue weighted by molar-refractivity contribution is 6.31. The van der Waals surface area contributed by atoms with E-state index in [2.05, 4.69) is 9.97 Å². The number of ether oxygens (including phenoxy) is 3. The van der Waals surface area contributed by atoms with E-state index < -0.39 is 0 Å². The molecule has 0 bridgehead atoms. The van der Waals surface area contributed by atoms with Crippen LogP contribution in [0.1, 0.15) is 21.9 Å². The van der Waals surface area contributed by atoms with Crippen LogP contribution in [0.4, 0.5) is 0 Å². The summed E-state index contributed by atoms with van der Waals surface area (Å²) in [6, 6.07) is 16.0. The van der Waals surface area contributed by atoms with Gasteiger partial charge in [-0.15, -0.1) is 0 Å². The molecule has 4 rings (SSSR count). The zero-order valence-corrected chi connectivity index (χ0v) is 17.3. The van der Waals surface area contributed by atoms with Gasteiger partial charge < -0.3 is 18.6 Å². The number of Topliss-reactive ketones (excluding diaryl/α,β-unsaturated/α-hetero) is 1. The standard InChI is InChI=1S/C24H20N2O5/c1-28-20-12-15(13-21(29-2)23(20)30-3)22(27)17(14-16-8-6-7-11-25-16)24-26-18-9-4-5-10-19(18)31-24/h4-14H,1-3H3/b17-14-. The van der Waals surface area contributed by atoms with Gasteiger partial charge in [-0.25, -0.2) is 4.98 Å². The van der Waals surface area contributed by atoms with Crippen molar-refractivity contribution >= 4 is 28.5 Å². The number of hydrogen-bond donors (Lipinski definition) is 0. The number of fused-ring (bicyclic) bond motifs is 1. The van der Waals surface area contributed by atoms with Gasteiger partial charge in [0.1, 0.15) is 5.52 Å². The van der Waals surface area contributed by atoms with E-state index in [1.807, 2.05) is 24.3 Å². The molecule has 0 saturated carbocycles. The van der Waals surface area contributed by atoms with Crippen LogP contribution in [-0.2, 0) is 0 Å². The van der Waals surface area contributed by atoms with Gasteiger partial charge in [0.25, 0.3) is 0 Å². The van der Waals surface area contributed by atoms with Gasteiger partial charge in [0.2, 0.25) is 11.6 Å². The Balaban J connectivity index is 1.88. The second-order valence-electron chi connectivity index (χ2n) is 6.54. The van der Waals surface area contributed by atoms with Crippen molar-refractivity contribution in [2.45, 2.75) is 0 Å². The van der Waals surface area contributed by atoms with E-state index in [0.717, 1.165) is 0 Å². The van der Waals surface area contributed by atoms with Crippen LogP contribution in [0.2, 0.25) is 0 Å². The molecule has 0 aliphatic carbocycles. The highest BCUT2D eigenvalue weighted by Gasteiger charge is 2.24. The fourth-order valence-corrected chi connectivity index (χ4v) is 3.19.